The summed E-state index contributed by atoms with van der Waals surface area (Å²) in [7, 11) is 0. The van der Waals surface area contributed by atoms with Crippen molar-refractivity contribution in [2.75, 3.05) is 6.61 Å². The summed E-state index contributed by atoms with van der Waals surface area (Å²) in [5.41, 5.74) is 1.37. The third-order valence-electron chi connectivity index (χ3n) is 2.82. The molecule has 0 aromatic heterocycles. The molecule has 2 nitrogen and oxygen atoms in total. The molecule has 0 unspecified atom stereocenters. The number of rotatable bonds is 3. The number of carbonyl (C=O) groups is 1. The van der Waals surface area contributed by atoms with Crippen molar-refractivity contribution in [1.82, 2.24) is 0 Å². The number of halogens is 1. The molecule has 1 aromatic carbocycles. The van der Waals surface area contributed by atoms with Crippen molar-refractivity contribution in [1.29, 1.82) is 0 Å². The highest BCUT2D eigenvalue weighted by Gasteiger charge is 2.22. The lowest BCUT2D eigenvalue weighted by molar-refractivity contribution is -0.114. The van der Waals surface area contributed by atoms with Crippen LogP contribution in [-0.2, 0) is 9.53 Å². The highest BCUT2D eigenvalue weighted by Crippen LogP contribution is 2.30. The minimum Gasteiger partial charge on any atom is -0.497 e. The standard InChI is InChI=1S/C14H15FO2/c1-2-17-13-5-3-4-12(16)14(13)10-6-8-11(15)9-7-10/h6-9H,2-5H2,1H3. The fourth-order valence-corrected chi connectivity index (χ4v) is 2.07. The van der Waals surface area contributed by atoms with Gasteiger partial charge in [-0.05, 0) is 31.0 Å². The van der Waals surface area contributed by atoms with E-state index in [2.05, 4.69) is 0 Å². The van der Waals surface area contributed by atoms with Gasteiger partial charge in [0.05, 0.1) is 12.2 Å². The minimum absolute atomic E-state index is 0.0892. The van der Waals surface area contributed by atoms with E-state index in [-0.39, 0.29) is 11.6 Å². The van der Waals surface area contributed by atoms with Crippen LogP contribution >= 0.6 is 0 Å². The molecule has 0 bridgehead atoms. The highest BCUT2D eigenvalue weighted by molar-refractivity contribution is 6.21. The van der Waals surface area contributed by atoms with E-state index in [4.69, 9.17) is 4.74 Å². The number of ketones is 1. The lowest BCUT2D eigenvalue weighted by Crippen LogP contribution is -2.12. The van der Waals surface area contributed by atoms with Crippen LogP contribution in [0.5, 0.6) is 0 Å². The fraction of sp³-hybridized carbons (Fsp3) is 0.357. The van der Waals surface area contributed by atoms with Gasteiger partial charge in [0.15, 0.2) is 5.78 Å². The number of hydrogen-bond acceptors (Lipinski definition) is 2. The average Bonchev–Trinajstić information content (AvgIpc) is 2.32. The Hall–Kier alpha value is -1.64. The van der Waals surface area contributed by atoms with E-state index in [1.54, 1.807) is 12.1 Å². The molecule has 0 atom stereocenters. The van der Waals surface area contributed by atoms with Crippen LogP contribution in [0, 0.1) is 5.82 Å². The summed E-state index contributed by atoms with van der Waals surface area (Å²) in [5, 5.41) is 0. The van der Waals surface area contributed by atoms with Crippen LogP contribution in [0.4, 0.5) is 4.39 Å². The van der Waals surface area contributed by atoms with E-state index in [0.717, 1.165) is 24.2 Å². The van der Waals surface area contributed by atoms with Crippen LogP contribution in [0.2, 0.25) is 0 Å². The van der Waals surface area contributed by atoms with Crippen molar-refractivity contribution in [3.63, 3.8) is 0 Å². The second-order valence-electron chi connectivity index (χ2n) is 4.01. The molecule has 2 rings (SSSR count). The van der Waals surface area contributed by atoms with Gasteiger partial charge in [-0.1, -0.05) is 12.1 Å². The molecule has 0 heterocycles. The Kier molecular flexibility index (Phi) is 3.57. The van der Waals surface area contributed by atoms with E-state index in [9.17, 15) is 9.18 Å². The first-order chi connectivity index (χ1) is 8.22. The SMILES string of the molecule is CCOC1=C(c2ccc(F)cc2)C(=O)CCC1. The van der Waals surface area contributed by atoms with Crippen molar-refractivity contribution in [2.24, 2.45) is 0 Å². The summed E-state index contributed by atoms with van der Waals surface area (Å²) >= 11 is 0. The van der Waals surface area contributed by atoms with Gasteiger partial charge >= 0.3 is 0 Å². The maximum Gasteiger partial charge on any atom is 0.166 e. The molecular weight excluding hydrogens is 219 g/mol. The van der Waals surface area contributed by atoms with E-state index in [1.165, 1.54) is 12.1 Å². The molecule has 1 aliphatic rings. The minimum atomic E-state index is -0.296. The first-order valence-corrected chi connectivity index (χ1v) is 5.87. The zero-order valence-corrected chi connectivity index (χ0v) is 9.83. The molecule has 0 spiro atoms. The summed E-state index contributed by atoms with van der Waals surface area (Å²) in [6.07, 6.45) is 2.16. The number of allylic oxidation sites excluding steroid dienone is 2. The molecule has 1 aromatic rings. The summed E-state index contributed by atoms with van der Waals surface area (Å²) in [6, 6.07) is 6.00. The van der Waals surface area contributed by atoms with Crippen LogP contribution in [0.15, 0.2) is 30.0 Å². The summed E-state index contributed by atoms with van der Waals surface area (Å²) in [4.78, 5) is 11.9. The molecule has 0 saturated carbocycles. The lowest BCUT2D eigenvalue weighted by atomic mass is 9.91. The third-order valence-corrected chi connectivity index (χ3v) is 2.82. The molecule has 0 saturated heterocycles. The first-order valence-electron chi connectivity index (χ1n) is 5.87. The number of benzene rings is 1. The summed E-state index contributed by atoms with van der Waals surface area (Å²) < 4.78 is 18.4. The Morgan fingerprint density at radius 3 is 2.59 bits per heavy atom. The zero-order valence-electron chi connectivity index (χ0n) is 9.83. The number of carbonyl (C=O) groups excluding carboxylic acids is 1. The predicted molar refractivity (Wildman–Crippen MR) is 63.8 cm³/mol. The van der Waals surface area contributed by atoms with Crippen LogP contribution in [0.1, 0.15) is 31.7 Å². The summed E-state index contributed by atoms with van der Waals surface area (Å²) in [6.45, 7) is 2.45. The maximum atomic E-state index is 12.9. The molecule has 0 N–H and O–H groups in total. The van der Waals surface area contributed by atoms with Crippen LogP contribution in [0.25, 0.3) is 5.57 Å². The second kappa shape index (κ2) is 5.13. The van der Waals surface area contributed by atoms with E-state index in [1.807, 2.05) is 6.92 Å². The second-order valence-corrected chi connectivity index (χ2v) is 4.01. The average molecular weight is 234 g/mol. The van der Waals surface area contributed by atoms with Crippen molar-refractivity contribution in [3.8, 4) is 0 Å². The number of hydrogen-bond donors (Lipinski definition) is 0. The van der Waals surface area contributed by atoms with Crippen molar-refractivity contribution >= 4 is 11.4 Å². The van der Waals surface area contributed by atoms with Gasteiger partial charge in [-0.15, -0.1) is 0 Å². The molecule has 0 fully saturated rings. The maximum absolute atomic E-state index is 12.9. The van der Waals surface area contributed by atoms with Gasteiger partial charge in [0.2, 0.25) is 0 Å². The lowest BCUT2D eigenvalue weighted by Gasteiger charge is -2.19. The quantitative estimate of drug-likeness (QED) is 0.801. The van der Waals surface area contributed by atoms with Gasteiger partial charge in [-0.3, -0.25) is 4.79 Å². The molecule has 3 heteroatoms. The molecular formula is C14H15FO2. The first kappa shape index (κ1) is 11.8. The van der Waals surface area contributed by atoms with Crippen LogP contribution in [-0.4, -0.2) is 12.4 Å². The van der Waals surface area contributed by atoms with Gasteiger partial charge in [0.25, 0.3) is 0 Å². The Morgan fingerprint density at radius 1 is 1.24 bits per heavy atom. The normalized spacial score (nSPS) is 16.2. The van der Waals surface area contributed by atoms with Gasteiger partial charge in [0.1, 0.15) is 11.6 Å². The molecule has 0 amide bonds. The topological polar surface area (TPSA) is 26.3 Å². The molecule has 17 heavy (non-hydrogen) atoms. The van der Waals surface area contributed by atoms with E-state index < -0.39 is 0 Å². The van der Waals surface area contributed by atoms with Crippen molar-refractivity contribution < 1.29 is 13.9 Å². The largest absolute Gasteiger partial charge is 0.497 e. The smallest absolute Gasteiger partial charge is 0.166 e. The van der Waals surface area contributed by atoms with Gasteiger partial charge in [-0.25, -0.2) is 4.39 Å². The van der Waals surface area contributed by atoms with E-state index >= 15 is 0 Å². The third kappa shape index (κ3) is 2.54. The molecule has 0 radical (unpaired) electrons. The van der Waals surface area contributed by atoms with Crippen LogP contribution in [0.3, 0.4) is 0 Å². The highest BCUT2D eigenvalue weighted by atomic mass is 19.1. The molecule has 1 aliphatic carbocycles. The fourth-order valence-electron chi connectivity index (χ4n) is 2.07. The monoisotopic (exact) mass is 234 g/mol. The van der Waals surface area contributed by atoms with Crippen LogP contribution < -0.4 is 0 Å². The predicted octanol–water partition coefficient (Wildman–Crippen LogP) is 3.33. The Bertz CT molecular complexity index is 446. The van der Waals surface area contributed by atoms with Crippen molar-refractivity contribution in [3.05, 3.63) is 41.4 Å². The van der Waals surface area contributed by atoms with Gasteiger partial charge in [0, 0.05) is 12.8 Å². The zero-order chi connectivity index (χ0) is 12.3. The number of Topliss-reactive ketones (excluding diaryl/α,β-unsaturated/α-hetero) is 1. The Labute approximate surface area is 100 Å². The summed E-state index contributed by atoms with van der Waals surface area (Å²) in [5.74, 6) is 0.539. The molecule has 90 valence electrons. The number of ether oxygens (including phenoxy) is 1. The van der Waals surface area contributed by atoms with Gasteiger partial charge in [-0.2, -0.15) is 0 Å². The van der Waals surface area contributed by atoms with Gasteiger partial charge < -0.3 is 4.74 Å². The Morgan fingerprint density at radius 2 is 1.94 bits per heavy atom. The Balaban J connectivity index is 2.43. The van der Waals surface area contributed by atoms with Crippen molar-refractivity contribution in [2.45, 2.75) is 26.2 Å². The van der Waals surface area contributed by atoms with E-state index in [0.29, 0.717) is 18.6 Å². The molecule has 0 aliphatic heterocycles.